The van der Waals surface area contributed by atoms with Gasteiger partial charge in [-0.05, 0) is 67.4 Å². The highest BCUT2D eigenvalue weighted by Crippen LogP contribution is 2.19. The first-order valence-electron chi connectivity index (χ1n) is 10.4. The van der Waals surface area contributed by atoms with Crippen LogP contribution in [-0.2, 0) is 19.9 Å². The van der Waals surface area contributed by atoms with E-state index >= 15 is 0 Å². The zero-order valence-electron chi connectivity index (χ0n) is 17.8. The average Bonchev–Trinajstić information content (AvgIpc) is 3.10. The molecule has 6 heteroatoms. The number of carbonyl (C=O) groups excluding carboxylic acids is 1. The molecule has 2 N–H and O–H groups in total. The van der Waals surface area contributed by atoms with E-state index in [9.17, 15) is 4.79 Å². The summed E-state index contributed by atoms with van der Waals surface area (Å²) in [4.78, 5) is 17.1. The quantitative estimate of drug-likeness (QED) is 0.425. The second-order valence-corrected chi connectivity index (χ2v) is 7.31. The summed E-state index contributed by atoms with van der Waals surface area (Å²) < 4.78 is 7.56. The van der Waals surface area contributed by atoms with E-state index in [0.29, 0.717) is 12.3 Å². The van der Waals surface area contributed by atoms with Crippen molar-refractivity contribution >= 4 is 28.4 Å². The van der Waals surface area contributed by atoms with Crippen LogP contribution in [0.1, 0.15) is 18.3 Å². The van der Waals surface area contributed by atoms with E-state index in [1.165, 1.54) is 0 Å². The van der Waals surface area contributed by atoms with Gasteiger partial charge in [0.2, 0.25) is 0 Å². The molecule has 0 atom stereocenters. The fourth-order valence-corrected chi connectivity index (χ4v) is 3.57. The van der Waals surface area contributed by atoms with Crippen molar-refractivity contribution in [2.24, 2.45) is 7.05 Å². The molecule has 0 aliphatic heterocycles. The largest absolute Gasteiger partial charge is 0.494 e. The molecule has 0 aliphatic rings. The summed E-state index contributed by atoms with van der Waals surface area (Å²) in [6, 6.07) is 23.1. The van der Waals surface area contributed by atoms with Crippen LogP contribution in [0, 0.1) is 0 Å². The van der Waals surface area contributed by atoms with Gasteiger partial charge >= 0.3 is 6.03 Å². The van der Waals surface area contributed by atoms with E-state index in [1.54, 1.807) is 0 Å². The molecule has 31 heavy (non-hydrogen) atoms. The van der Waals surface area contributed by atoms with Crippen molar-refractivity contribution in [3.8, 4) is 5.75 Å². The third kappa shape index (κ3) is 5.04. The van der Waals surface area contributed by atoms with Gasteiger partial charge in [0.1, 0.15) is 11.6 Å². The summed E-state index contributed by atoms with van der Waals surface area (Å²) >= 11 is 0. The number of benzene rings is 3. The van der Waals surface area contributed by atoms with Crippen LogP contribution in [0.3, 0.4) is 0 Å². The van der Waals surface area contributed by atoms with Gasteiger partial charge < -0.3 is 19.9 Å². The van der Waals surface area contributed by atoms with Crippen LogP contribution < -0.4 is 15.4 Å². The molecule has 4 aromatic rings. The molecule has 0 saturated heterocycles. The topological polar surface area (TPSA) is 68.2 Å². The van der Waals surface area contributed by atoms with Gasteiger partial charge in [-0.15, -0.1) is 0 Å². The number of aryl methyl sites for hydroxylation is 3. The molecular formula is C25H26N4O2. The number of rotatable bonds is 7. The molecular weight excluding hydrogens is 388 g/mol. The number of aromatic nitrogens is 2. The molecule has 6 nitrogen and oxygen atoms in total. The summed E-state index contributed by atoms with van der Waals surface area (Å²) in [6.45, 7) is 2.55. The second kappa shape index (κ2) is 9.34. The minimum Gasteiger partial charge on any atom is -0.494 e. The number of urea groups is 1. The van der Waals surface area contributed by atoms with Crippen molar-refractivity contribution in [2.45, 2.75) is 19.8 Å². The Hall–Kier alpha value is -3.80. The van der Waals surface area contributed by atoms with Gasteiger partial charge in [-0.1, -0.05) is 24.3 Å². The molecule has 2 amide bonds. The first-order valence-corrected chi connectivity index (χ1v) is 10.4. The number of imidazole rings is 1. The molecule has 1 aromatic heterocycles. The molecule has 0 spiro atoms. The number of nitrogens with zero attached hydrogens (tertiary/aromatic N) is 2. The van der Waals surface area contributed by atoms with Gasteiger partial charge in [0.25, 0.3) is 0 Å². The van der Waals surface area contributed by atoms with E-state index in [4.69, 9.17) is 9.72 Å². The van der Waals surface area contributed by atoms with Crippen molar-refractivity contribution in [3.63, 3.8) is 0 Å². The Kier molecular flexibility index (Phi) is 6.17. The van der Waals surface area contributed by atoms with Gasteiger partial charge in [0.05, 0.1) is 17.6 Å². The predicted octanol–water partition coefficient (Wildman–Crippen LogP) is 5.40. The Morgan fingerprint density at radius 1 is 0.935 bits per heavy atom. The first kappa shape index (κ1) is 20.5. The van der Waals surface area contributed by atoms with Crippen LogP contribution in [0.2, 0.25) is 0 Å². The van der Waals surface area contributed by atoms with E-state index in [1.807, 2.05) is 74.6 Å². The highest BCUT2D eigenvalue weighted by atomic mass is 16.5. The van der Waals surface area contributed by atoms with Crippen molar-refractivity contribution in [2.75, 3.05) is 17.2 Å². The molecule has 1 heterocycles. The molecule has 4 rings (SSSR count). The van der Waals surface area contributed by atoms with Crippen LogP contribution in [0.5, 0.6) is 5.75 Å². The number of para-hydroxylation sites is 2. The molecule has 0 aliphatic carbocycles. The number of hydrogen-bond acceptors (Lipinski definition) is 3. The standard InChI is InChI=1S/C25H26N4O2/c1-3-31-21-14-12-19(13-15-21)26-25(30)27-20-8-6-7-18(17-20)11-16-24-28-22-9-4-5-10-23(22)29(24)2/h4-10,12-15,17H,3,11,16H2,1-2H3,(H2,26,27,30). The number of ether oxygens (including phenoxy) is 1. The Morgan fingerprint density at radius 3 is 2.48 bits per heavy atom. The lowest BCUT2D eigenvalue weighted by Crippen LogP contribution is -2.19. The number of anilines is 2. The van der Waals surface area contributed by atoms with Gasteiger partial charge in [0.15, 0.2) is 0 Å². The Bertz CT molecular complexity index is 1180. The highest BCUT2D eigenvalue weighted by Gasteiger charge is 2.08. The summed E-state index contributed by atoms with van der Waals surface area (Å²) in [6.07, 6.45) is 1.67. The van der Waals surface area contributed by atoms with Crippen LogP contribution in [-0.4, -0.2) is 22.2 Å². The molecule has 0 saturated carbocycles. The molecule has 158 valence electrons. The minimum atomic E-state index is -0.281. The summed E-state index contributed by atoms with van der Waals surface area (Å²) in [5.74, 6) is 1.83. The summed E-state index contributed by atoms with van der Waals surface area (Å²) in [7, 11) is 2.05. The van der Waals surface area contributed by atoms with Gasteiger partial charge in [-0.25, -0.2) is 9.78 Å². The number of carbonyl (C=O) groups is 1. The Morgan fingerprint density at radius 2 is 1.71 bits per heavy atom. The van der Waals surface area contributed by atoms with E-state index < -0.39 is 0 Å². The smallest absolute Gasteiger partial charge is 0.323 e. The van der Waals surface area contributed by atoms with E-state index in [-0.39, 0.29) is 6.03 Å². The summed E-state index contributed by atoms with van der Waals surface area (Å²) in [5, 5.41) is 5.74. The SMILES string of the molecule is CCOc1ccc(NC(=O)Nc2cccc(CCc3nc4ccccc4n3C)c2)cc1. The Balaban J connectivity index is 1.36. The number of fused-ring (bicyclic) bond motifs is 1. The van der Waals surface area contributed by atoms with Crippen molar-refractivity contribution < 1.29 is 9.53 Å². The third-order valence-electron chi connectivity index (χ3n) is 5.13. The Labute approximate surface area is 181 Å². The minimum absolute atomic E-state index is 0.281. The van der Waals surface area contributed by atoms with Crippen molar-refractivity contribution in [1.29, 1.82) is 0 Å². The van der Waals surface area contributed by atoms with E-state index in [2.05, 4.69) is 27.3 Å². The second-order valence-electron chi connectivity index (χ2n) is 7.31. The van der Waals surface area contributed by atoms with Crippen LogP contribution in [0.4, 0.5) is 16.2 Å². The summed E-state index contributed by atoms with van der Waals surface area (Å²) in [5.41, 5.74) is 4.76. The normalized spacial score (nSPS) is 10.8. The van der Waals surface area contributed by atoms with Crippen molar-refractivity contribution in [3.05, 3.63) is 84.2 Å². The zero-order valence-corrected chi connectivity index (χ0v) is 17.8. The van der Waals surface area contributed by atoms with Crippen LogP contribution in [0.25, 0.3) is 11.0 Å². The maximum Gasteiger partial charge on any atom is 0.323 e. The maximum atomic E-state index is 12.4. The van der Waals surface area contributed by atoms with Crippen LogP contribution in [0.15, 0.2) is 72.8 Å². The van der Waals surface area contributed by atoms with Gasteiger partial charge in [-0.3, -0.25) is 0 Å². The molecule has 3 aromatic carbocycles. The van der Waals surface area contributed by atoms with E-state index in [0.717, 1.165) is 46.7 Å². The third-order valence-corrected chi connectivity index (χ3v) is 5.13. The first-order chi connectivity index (χ1) is 15.1. The molecule has 0 fully saturated rings. The highest BCUT2D eigenvalue weighted by molar-refractivity contribution is 5.99. The molecule has 0 unspecified atom stereocenters. The molecule has 0 radical (unpaired) electrons. The molecule has 0 bridgehead atoms. The van der Waals surface area contributed by atoms with Gasteiger partial charge in [0, 0.05) is 24.8 Å². The lowest BCUT2D eigenvalue weighted by atomic mass is 10.1. The monoisotopic (exact) mass is 414 g/mol. The zero-order chi connectivity index (χ0) is 21.6. The number of nitrogens with one attached hydrogen (secondary N) is 2. The lowest BCUT2D eigenvalue weighted by Gasteiger charge is -2.10. The van der Waals surface area contributed by atoms with Crippen LogP contribution >= 0.6 is 0 Å². The fraction of sp³-hybridized carbons (Fsp3) is 0.200. The maximum absolute atomic E-state index is 12.4. The fourth-order valence-electron chi connectivity index (χ4n) is 3.57. The average molecular weight is 415 g/mol. The number of hydrogen-bond donors (Lipinski definition) is 2. The predicted molar refractivity (Wildman–Crippen MR) is 125 cm³/mol. The lowest BCUT2D eigenvalue weighted by molar-refractivity contribution is 0.262. The van der Waals surface area contributed by atoms with Gasteiger partial charge in [-0.2, -0.15) is 0 Å². The van der Waals surface area contributed by atoms with Crippen molar-refractivity contribution in [1.82, 2.24) is 9.55 Å². The number of amides is 2.